The fourth-order valence-corrected chi connectivity index (χ4v) is 3.94. The number of anilines is 1. The van der Waals surface area contributed by atoms with Crippen LogP contribution >= 0.6 is 0 Å². The molecule has 6 heteroatoms. The summed E-state index contributed by atoms with van der Waals surface area (Å²) in [5, 5.41) is 5.53. The van der Waals surface area contributed by atoms with Gasteiger partial charge in [0.1, 0.15) is 29.2 Å². The van der Waals surface area contributed by atoms with Gasteiger partial charge in [-0.2, -0.15) is 0 Å². The highest BCUT2D eigenvalue weighted by Gasteiger charge is 2.13. The number of halogens is 1. The number of hydrogen-bond donors (Lipinski definition) is 1. The van der Waals surface area contributed by atoms with Gasteiger partial charge >= 0.3 is 0 Å². The van der Waals surface area contributed by atoms with Crippen molar-refractivity contribution in [1.82, 2.24) is 14.5 Å². The number of hydrogen-bond acceptors (Lipinski definition) is 4. The molecule has 5 aromatic rings. The van der Waals surface area contributed by atoms with Gasteiger partial charge < -0.3 is 14.6 Å². The lowest BCUT2D eigenvalue weighted by atomic mass is 10.0. The van der Waals surface area contributed by atoms with Gasteiger partial charge in [0.25, 0.3) is 0 Å². The first-order chi connectivity index (χ1) is 15.1. The van der Waals surface area contributed by atoms with Gasteiger partial charge in [0.2, 0.25) is 0 Å². The first-order valence-electron chi connectivity index (χ1n) is 9.99. The fourth-order valence-electron chi connectivity index (χ4n) is 3.94. The second-order valence-corrected chi connectivity index (χ2v) is 7.43. The molecule has 0 amide bonds. The summed E-state index contributed by atoms with van der Waals surface area (Å²) >= 11 is 0. The molecule has 154 valence electrons. The van der Waals surface area contributed by atoms with Crippen LogP contribution in [0.15, 0.2) is 73.2 Å². The monoisotopic (exact) mass is 412 g/mol. The first-order valence-corrected chi connectivity index (χ1v) is 9.99. The van der Waals surface area contributed by atoms with Crippen LogP contribution in [-0.2, 0) is 13.6 Å². The predicted molar refractivity (Wildman–Crippen MR) is 122 cm³/mol. The zero-order valence-electron chi connectivity index (χ0n) is 17.3. The third kappa shape index (κ3) is 3.46. The van der Waals surface area contributed by atoms with Crippen molar-refractivity contribution < 1.29 is 9.13 Å². The van der Waals surface area contributed by atoms with Crippen molar-refractivity contribution >= 4 is 27.6 Å². The third-order valence-corrected chi connectivity index (χ3v) is 5.57. The molecular weight excluding hydrogens is 391 g/mol. The van der Waals surface area contributed by atoms with E-state index in [1.807, 2.05) is 19.2 Å². The van der Waals surface area contributed by atoms with E-state index in [1.54, 1.807) is 19.2 Å². The Bertz CT molecular complexity index is 1390. The summed E-state index contributed by atoms with van der Waals surface area (Å²) in [5.41, 5.74) is 4.90. The van der Waals surface area contributed by atoms with Crippen molar-refractivity contribution in [2.45, 2.75) is 6.54 Å². The van der Waals surface area contributed by atoms with E-state index in [1.165, 1.54) is 34.9 Å². The quantitative estimate of drug-likeness (QED) is 0.411. The van der Waals surface area contributed by atoms with Crippen LogP contribution in [0.5, 0.6) is 5.75 Å². The number of ether oxygens (including phenoxy) is 1. The molecule has 0 bridgehead atoms. The molecule has 0 spiro atoms. The van der Waals surface area contributed by atoms with E-state index in [-0.39, 0.29) is 5.82 Å². The number of aryl methyl sites for hydroxylation is 1. The fraction of sp³-hybridized carbons (Fsp3) is 0.120. The minimum absolute atomic E-state index is 0.266. The topological polar surface area (TPSA) is 52.0 Å². The van der Waals surface area contributed by atoms with Gasteiger partial charge in [-0.3, -0.25) is 0 Å². The number of nitrogens with zero attached hydrogens (tertiary/aromatic N) is 3. The van der Waals surface area contributed by atoms with E-state index >= 15 is 0 Å². The third-order valence-electron chi connectivity index (χ3n) is 5.57. The van der Waals surface area contributed by atoms with Crippen LogP contribution in [0, 0.1) is 5.82 Å². The van der Waals surface area contributed by atoms with E-state index in [0.29, 0.717) is 12.3 Å². The largest absolute Gasteiger partial charge is 0.494 e. The molecule has 0 saturated carbocycles. The summed E-state index contributed by atoms with van der Waals surface area (Å²) in [5.74, 6) is 1.10. The van der Waals surface area contributed by atoms with Crippen molar-refractivity contribution in [3.8, 4) is 16.9 Å². The molecule has 31 heavy (non-hydrogen) atoms. The van der Waals surface area contributed by atoms with Crippen LogP contribution in [0.2, 0.25) is 0 Å². The molecule has 0 atom stereocenters. The number of nitrogens with one attached hydrogen (secondary N) is 1. The van der Waals surface area contributed by atoms with Crippen LogP contribution in [-0.4, -0.2) is 21.6 Å². The molecule has 2 aromatic heterocycles. The summed E-state index contributed by atoms with van der Waals surface area (Å²) in [4.78, 5) is 8.92. The molecule has 0 aliphatic rings. The van der Waals surface area contributed by atoms with Crippen LogP contribution in [0.4, 0.5) is 10.2 Å². The van der Waals surface area contributed by atoms with Crippen LogP contribution < -0.4 is 10.1 Å². The van der Waals surface area contributed by atoms with Gasteiger partial charge in [-0.25, -0.2) is 14.4 Å². The van der Waals surface area contributed by atoms with Gasteiger partial charge in [-0.15, -0.1) is 0 Å². The Kier molecular flexibility index (Phi) is 4.75. The van der Waals surface area contributed by atoms with Crippen molar-refractivity contribution in [2.24, 2.45) is 7.05 Å². The zero-order chi connectivity index (χ0) is 21.4. The van der Waals surface area contributed by atoms with Crippen LogP contribution in [0.25, 0.3) is 32.9 Å². The summed E-state index contributed by atoms with van der Waals surface area (Å²) in [7, 11) is 3.66. The van der Waals surface area contributed by atoms with Crippen molar-refractivity contribution in [2.75, 3.05) is 12.4 Å². The Morgan fingerprint density at radius 1 is 0.968 bits per heavy atom. The van der Waals surface area contributed by atoms with Gasteiger partial charge in [0, 0.05) is 36.1 Å². The maximum atomic E-state index is 13.4. The lowest BCUT2D eigenvalue weighted by molar-refractivity contribution is 0.419. The molecule has 0 unspecified atom stereocenters. The van der Waals surface area contributed by atoms with Crippen LogP contribution in [0.1, 0.15) is 5.56 Å². The van der Waals surface area contributed by atoms with Crippen molar-refractivity contribution in [1.29, 1.82) is 0 Å². The number of fused-ring (bicyclic) bond motifs is 2. The van der Waals surface area contributed by atoms with Crippen LogP contribution in [0.3, 0.4) is 0 Å². The van der Waals surface area contributed by atoms with Gasteiger partial charge in [0.05, 0.1) is 7.11 Å². The smallest absolute Gasteiger partial charge is 0.145 e. The average Bonchev–Trinajstić information content (AvgIpc) is 3.19. The molecular formula is C25H21FN4O. The highest BCUT2D eigenvalue weighted by atomic mass is 19.1. The van der Waals surface area contributed by atoms with Gasteiger partial charge in [0.15, 0.2) is 0 Å². The average molecular weight is 412 g/mol. The lowest BCUT2D eigenvalue weighted by Crippen LogP contribution is -2.04. The minimum atomic E-state index is -0.266. The number of aromatic nitrogens is 3. The Balaban J connectivity index is 1.56. The molecule has 0 aliphatic carbocycles. The number of rotatable bonds is 5. The van der Waals surface area contributed by atoms with Crippen molar-refractivity contribution in [3.63, 3.8) is 0 Å². The molecule has 0 fully saturated rings. The van der Waals surface area contributed by atoms with E-state index in [9.17, 15) is 4.39 Å². The van der Waals surface area contributed by atoms with E-state index in [4.69, 9.17) is 4.74 Å². The summed E-state index contributed by atoms with van der Waals surface area (Å²) in [6.45, 7) is 0.622. The van der Waals surface area contributed by atoms with Crippen molar-refractivity contribution in [3.05, 3.63) is 84.6 Å². The molecule has 3 aromatic carbocycles. The molecule has 0 saturated heterocycles. The maximum Gasteiger partial charge on any atom is 0.145 e. The Morgan fingerprint density at radius 3 is 2.61 bits per heavy atom. The second kappa shape index (κ2) is 7.72. The number of benzene rings is 3. The van der Waals surface area contributed by atoms with E-state index in [2.05, 4.69) is 50.3 Å². The first kappa shape index (κ1) is 19.1. The highest BCUT2D eigenvalue weighted by molar-refractivity contribution is 5.96. The van der Waals surface area contributed by atoms with E-state index < -0.39 is 0 Å². The lowest BCUT2D eigenvalue weighted by Gasteiger charge is -2.13. The van der Waals surface area contributed by atoms with Gasteiger partial charge in [-0.1, -0.05) is 24.3 Å². The number of methoxy groups -OCH3 is 1. The SMILES string of the molecule is COc1cc(-c2ccc(F)cc2)cc2c(NCc3cccc4c3ccn4C)ncnc12. The minimum Gasteiger partial charge on any atom is -0.494 e. The maximum absolute atomic E-state index is 13.4. The molecule has 1 N–H and O–H groups in total. The molecule has 0 aliphatic heterocycles. The summed E-state index contributed by atoms with van der Waals surface area (Å²) < 4.78 is 21.1. The zero-order valence-corrected chi connectivity index (χ0v) is 17.3. The summed E-state index contributed by atoms with van der Waals surface area (Å²) in [6.07, 6.45) is 3.60. The standard InChI is InChI=1S/C25H21FN4O/c1-30-11-10-20-17(4-3-5-22(20)30)14-27-25-21-12-18(16-6-8-19(26)9-7-16)13-23(31-2)24(21)28-15-29-25/h3-13,15H,14H2,1-2H3,(H,27,28,29). The molecule has 5 nitrogen and oxygen atoms in total. The Morgan fingerprint density at radius 2 is 1.81 bits per heavy atom. The second-order valence-electron chi connectivity index (χ2n) is 7.43. The highest BCUT2D eigenvalue weighted by Crippen LogP contribution is 2.34. The molecule has 2 heterocycles. The molecule has 5 rings (SSSR count). The van der Waals surface area contributed by atoms with E-state index in [0.717, 1.165) is 27.8 Å². The Hall–Kier alpha value is -3.93. The summed E-state index contributed by atoms with van der Waals surface area (Å²) in [6, 6.07) is 18.7. The van der Waals surface area contributed by atoms with Gasteiger partial charge in [-0.05, 0) is 53.1 Å². The normalized spacial score (nSPS) is 11.2. The molecule has 0 radical (unpaired) electrons. The predicted octanol–water partition coefficient (Wildman–Crippen LogP) is 5.55. The Labute approximate surface area is 179 Å².